The van der Waals surface area contributed by atoms with Crippen LogP contribution in [0.3, 0.4) is 0 Å². The lowest BCUT2D eigenvalue weighted by atomic mass is 9.93. The molecule has 0 heterocycles. The fourth-order valence-electron chi connectivity index (χ4n) is 2.80. The van der Waals surface area contributed by atoms with Crippen molar-refractivity contribution < 1.29 is 4.39 Å². The Morgan fingerprint density at radius 3 is 2.65 bits per heavy atom. The topological polar surface area (TPSA) is 35.8 Å². The summed E-state index contributed by atoms with van der Waals surface area (Å²) in [6.45, 7) is 2.03. The molecule has 100 valence electrons. The largest absolute Gasteiger partial charge is 0.364 e. The second-order valence-corrected chi connectivity index (χ2v) is 5.31. The van der Waals surface area contributed by atoms with E-state index in [9.17, 15) is 9.65 Å². The molecule has 1 aliphatic carbocycles. The second-order valence-electron chi connectivity index (χ2n) is 5.31. The first-order chi connectivity index (χ1) is 9.63. The summed E-state index contributed by atoms with van der Waals surface area (Å²) in [5, 5.41) is 13.0. The van der Waals surface area contributed by atoms with Gasteiger partial charge in [0.2, 0.25) is 0 Å². The Kier molecular flexibility index (Phi) is 2.94. The Bertz CT molecular complexity index is 685. The van der Waals surface area contributed by atoms with E-state index in [1.807, 2.05) is 31.2 Å². The molecule has 0 aromatic heterocycles. The summed E-state index contributed by atoms with van der Waals surface area (Å²) >= 11 is 0. The zero-order chi connectivity index (χ0) is 14.2. The molecule has 0 radical (unpaired) electrons. The Hall–Kier alpha value is -2.34. The molecule has 0 spiro atoms. The smallest absolute Gasteiger partial charge is 0.151 e. The van der Waals surface area contributed by atoms with Gasteiger partial charge in [0.25, 0.3) is 0 Å². The van der Waals surface area contributed by atoms with Crippen molar-refractivity contribution >= 4 is 5.69 Å². The SMILES string of the molecule is Cc1ccc(NC2(C#N)CCc3cc(F)ccc32)cc1. The predicted octanol–water partition coefficient (Wildman–Crippen LogP) is 3.91. The van der Waals surface area contributed by atoms with Gasteiger partial charge in [0.15, 0.2) is 5.54 Å². The number of nitrogens with one attached hydrogen (secondary N) is 1. The first-order valence-corrected chi connectivity index (χ1v) is 6.68. The van der Waals surface area contributed by atoms with Gasteiger partial charge in [-0.3, -0.25) is 0 Å². The van der Waals surface area contributed by atoms with E-state index >= 15 is 0 Å². The molecule has 3 rings (SSSR count). The van der Waals surface area contributed by atoms with Crippen LogP contribution in [0.25, 0.3) is 0 Å². The molecule has 3 heteroatoms. The molecule has 0 saturated heterocycles. The molecule has 20 heavy (non-hydrogen) atoms. The first kappa shape index (κ1) is 12.7. The Labute approximate surface area is 117 Å². The van der Waals surface area contributed by atoms with Crippen molar-refractivity contribution in [2.75, 3.05) is 5.32 Å². The van der Waals surface area contributed by atoms with Crippen LogP contribution in [0, 0.1) is 24.1 Å². The maximum Gasteiger partial charge on any atom is 0.151 e. The summed E-state index contributed by atoms with van der Waals surface area (Å²) in [7, 11) is 0. The van der Waals surface area contributed by atoms with Gasteiger partial charge in [0, 0.05) is 5.69 Å². The molecule has 0 aliphatic heterocycles. The molecule has 1 aliphatic rings. The molecule has 0 saturated carbocycles. The summed E-state index contributed by atoms with van der Waals surface area (Å²) in [5.41, 5.74) is 3.15. The molecule has 2 aromatic carbocycles. The molecule has 1 unspecified atom stereocenters. The Morgan fingerprint density at radius 2 is 1.95 bits per heavy atom. The summed E-state index contributed by atoms with van der Waals surface area (Å²) in [5.74, 6) is -0.243. The minimum atomic E-state index is -0.752. The number of anilines is 1. The van der Waals surface area contributed by atoms with Crippen molar-refractivity contribution in [2.45, 2.75) is 25.3 Å². The number of nitrogens with zero attached hydrogens (tertiary/aromatic N) is 1. The third-order valence-electron chi connectivity index (χ3n) is 3.90. The van der Waals surface area contributed by atoms with Crippen molar-refractivity contribution in [3.05, 3.63) is 65.0 Å². The Balaban J connectivity index is 1.99. The molecule has 0 bridgehead atoms. The van der Waals surface area contributed by atoms with Crippen LogP contribution in [0.4, 0.5) is 10.1 Å². The third kappa shape index (κ3) is 2.04. The summed E-state index contributed by atoms with van der Waals surface area (Å²) in [6.07, 6.45) is 1.38. The maximum atomic E-state index is 13.3. The van der Waals surface area contributed by atoms with E-state index in [1.54, 1.807) is 6.07 Å². The minimum Gasteiger partial charge on any atom is -0.364 e. The fourth-order valence-corrected chi connectivity index (χ4v) is 2.80. The highest BCUT2D eigenvalue weighted by Gasteiger charge is 2.39. The highest BCUT2D eigenvalue weighted by molar-refractivity contribution is 5.55. The van der Waals surface area contributed by atoms with Gasteiger partial charge in [-0.1, -0.05) is 23.8 Å². The lowest BCUT2D eigenvalue weighted by Crippen LogP contribution is -2.31. The third-order valence-corrected chi connectivity index (χ3v) is 3.90. The van der Waals surface area contributed by atoms with E-state index < -0.39 is 5.54 Å². The van der Waals surface area contributed by atoms with Crippen LogP contribution < -0.4 is 5.32 Å². The average molecular weight is 266 g/mol. The number of hydrogen-bond donors (Lipinski definition) is 1. The van der Waals surface area contributed by atoms with Crippen molar-refractivity contribution in [1.29, 1.82) is 5.26 Å². The fraction of sp³-hybridized carbons (Fsp3) is 0.235. The van der Waals surface area contributed by atoms with Gasteiger partial charge in [-0.2, -0.15) is 5.26 Å². The van der Waals surface area contributed by atoms with Crippen molar-refractivity contribution in [3.63, 3.8) is 0 Å². The molecular weight excluding hydrogens is 251 g/mol. The second kappa shape index (κ2) is 4.64. The number of aryl methyl sites for hydroxylation is 2. The molecule has 0 amide bonds. The highest BCUT2D eigenvalue weighted by Crippen LogP contribution is 2.39. The van der Waals surface area contributed by atoms with Gasteiger partial charge < -0.3 is 5.32 Å². The molecule has 2 nitrogen and oxygen atoms in total. The lowest BCUT2D eigenvalue weighted by molar-refractivity contribution is 0.618. The maximum absolute atomic E-state index is 13.3. The van der Waals surface area contributed by atoms with Crippen LogP contribution in [0.15, 0.2) is 42.5 Å². The van der Waals surface area contributed by atoms with E-state index in [2.05, 4.69) is 11.4 Å². The molecule has 0 fully saturated rings. The van der Waals surface area contributed by atoms with Crippen LogP contribution in [-0.4, -0.2) is 0 Å². The van der Waals surface area contributed by atoms with Gasteiger partial charge in [0.1, 0.15) is 5.82 Å². The normalized spacial score (nSPS) is 20.2. The van der Waals surface area contributed by atoms with Gasteiger partial charge in [-0.05, 0) is 55.2 Å². The number of rotatable bonds is 2. The van der Waals surface area contributed by atoms with Crippen molar-refractivity contribution in [1.82, 2.24) is 0 Å². The van der Waals surface area contributed by atoms with Crippen molar-refractivity contribution in [2.24, 2.45) is 0 Å². The van der Waals surface area contributed by atoms with E-state index in [-0.39, 0.29) is 5.82 Å². The number of hydrogen-bond acceptors (Lipinski definition) is 2. The van der Waals surface area contributed by atoms with E-state index in [1.165, 1.54) is 17.7 Å². The summed E-state index contributed by atoms with van der Waals surface area (Å²) in [4.78, 5) is 0. The van der Waals surface area contributed by atoms with Crippen molar-refractivity contribution in [3.8, 4) is 6.07 Å². The number of halogens is 1. The first-order valence-electron chi connectivity index (χ1n) is 6.68. The van der Waals surface area contributed by atoms with E-state index in [0.29, 0.717) is 6.42 Å². The Morgan fingerprint density at radius 1 is 1.20 bits per heavy atom. The van der Waals surface area contributed by atoms with Gasteiger partial charge >= 0.3 is 0 Å². The average Bonchev–Trinajstić information content (AvgIpc) is 2.80. The standard InChI is InChI=1S/C17H15FN2/c1-12-2-5-15(6-3-12)20-17(11-19)9-8-13-10-14(18)4-7-16(13)17/h2-7,10,20H,8-9H2,1H3. The van der Waals surface area contributed by atoms with Gasteiger partial charge in [-0.15, -0.1) is 0 Å². The molecule has 1 N–H and O–H groups in total. The number of nitriles is 1. The van der Waals surface area contributed by atoms with Crippen LogP contribution in [0.5, 0.6) is 0 Å². The quantitative estimate of drug-likeness (QED) is 0.894. The van der Waals surface area contributed by atoms with Crippen LogP contribution in [-0.2, 0) is 12.0 Å². The molecular formula is C17H15FN2. The zero-order valence-electron chi connectivity index (χ0n) is 11.3. The number of fused-ring (bicyclic) bond motifs is 1. The van der Waals surface area contributed by atoms with Crippen LogP contribution >= 0.6 is 0 Å². The monoisotopic (exact) mass is 266 g/mol. The summed E-state index contributed by atoms with van der Waals surface area (Å²) < 4.78 is 13.3. The lowest BCUT2D eigenvalue weighted by Gasteiger charge is -2.25. The van der Waals surface area contributed by atoms with Gasteiger partial charge in [-0.25, -0.2) is 4.39 Å². The van der Waals surface area contributed by atoms with E-state index in [4.69, 9.17) is 0 Å². The van der Waals surface area contributed by atoms with Crippen LogP contribution in [0.2, 0.25) is 0 Å². The predicted molar refractivity (Wildman–Crippen MR) is 76.8 cm³/mol. The van der Waals surface area contributed by atoms with Crippen LogP contribution in [0.1, 0.15) is 23.1 Å². The van der Waals surface area contributed by atoms with Gasteiger partial charge in [0.05, 0.1) is 6.07 Å². The molecule has 1 atom stereocenters. The zero-order valence-corrected chi connectivity index (χ0v) is 11.3. The minimum absolute atomic E-state index is 0.243. The molecule has 2 aromatic rings. The van der Waals surface area contributed by atoms with E-state index in [0.717, 1.165) is 23.2 Å². The highest BCUT2D eigenvalue weighted by atomic mass is 19.1. The number of benzene rings is 2. The summed E-state index contributed by atoms with van der Waals surface area (Å²) in [6, 6.07) is 15.0.